The first-order valence-corrected chi connectivity index (χ1v) is 7.63. The molecule has 0 saturated carbocycles. The molecule has 0 radical (unpaired) electrons. The van der Waals surface area contributed by atoms with Gasteiger partial charge >= 0.3 is 0 Å². The smallest absolute Gasteiger partial charge is 0.0599 e. The molecule has 21 heavy (non-hydrogen) atoms. The van der Waals surface area contributed by atoms with Gasteiger partial charge in [0.2, 0.25) is 0 Å². The SMILES string of the molecule is CNC(C)c1ccc2c(c1)CCN2Cc1cc(C)nn1C. The van der Waals surface area contributed by atoms with Crippen LogP contribution in [-0.4, -0.2) is 23.4 Å². The molecule has 1 aromatic heterocycles. The van der Waals surface area contributed by atoms with E-state index in [0.717, 1.165) is 25.2 Å². The van der Waals surface area contributed by atoms with Gasteiger partial charge in [-0.2, -0.15) is 5.10 Å². The molecule has 0 amide bonds. The first kappa shape index (κ1) is 14.1. The summed E-state index contributed by atoms with van der Waals surface area (Å²) in [4.78, 5) is 2.46. The van der Waals surface area contributed by atoms with Gasteiger partial charge in [-0.05, 0) is 50.6 Å². The Morgan fingerprint density at radius 2 is 2.14 bits per heavy atom. The highest BCUT2D eigenvalue weighted by atomic mass is 15.3. The van der Waals surface area contributed by atoms with E-state index in [9.17, 15) is 0 Å². The lowest BCUT2D eigenvalue weighted by molar-refractivity contribution is 0.652. The summed E-state index contributed by atoms with van der Waals surface area (Å²) in [6.45, 7) is 6.28. The van der Waals surface area contributed by atoms with Crippen LogP contribution in [0, 0.1) is 6.92 Å². The number of hydrogen-bond donors (Lipinski definition) is 1. The average molecular weight is 284 g/mol. The third-order valence-electron chi connectivity index (χ3n) is 4.48. The fraction of sp³-hybridized carbons (Fsp3) is 0.471. The van der Waals surface area contributed by atoms with E-state index in [2.05, 4.69) is 46.5 Å². The Balaban J connectivity index is 1.82. The van der Waals surface area contributed by atoms with Crippen molar-refractivity contribution in [3.05, 3.63) is 46.8 Å². The lowest BCUT2D eigenvalue weighted by Crippen LogP contribution is -2.21. The van der Waals surface area contributed by atoms with Crippen LogP contribution in [0.15, 0.2) is 24.3 Å². The molecule has 1 unspecified atom stereocenters. The molecule has 2 aromatic rings. The molecule has 0 bridgehead atoms. The summed E-state index contributed by atoms with van der Waals surface area (Å²) in [5, 5.41) is 7.75. The zero-order valence-corrected chi connectivity index (χ0v) is 13.3. The van der Waals surface area contributed by atoms with Gasteiger partial charge in [-0.1, -0.05) is 12.1 Å². The Hall–Kier alpha value is -1.81. The number of nitrogens with one attached hydrogen (secondary N) is 1. The van der Waals surface area contributed by atoms with E-state index in [1.807, 2.05) is 25.7 Å². The van der Waals surface area contributed by atoms with Gasteiger partial charge in [0.15, 0.2) is 0 Å². The minimum Gasteiger partial charge on any atom is -0.365 e. The zero-order chi connectivity index (χ0) is 15.0. The number of aromatic nitrogens is 2. The van der Waals surface area contributed by atoms with Gasteiger partial charge in [0.25, 0.3) is 0 Å². The number of anilines is 1. The van der Waals surface area contributed by atoms with Crippen molar-refractivity contribution < 1.29 is 0 Å². The van der Waals surface area contributed by atoms with Crippen LogP contribution in [0.4, 0.5) is 5.69 Å². The van der Waals surface area contributed by atoms with E-state index in [1.54, 1.807) is 0 Å². The highest BCUT2D eigenvalue weighted by Gasteiger charge is 2.21. The Labute approximate surface area is 126 Å². The van der Waals surface area contributed by atoms with Crippen molar-refractivity contribution in [2.24, 2.45) is 7.05 Å². The Bertz CT molecular complexity index is 644. The van der Waals surface area contributed by atoms with Crippen molar-refractivity contribution in [2.45, 2.75) is 32.9 Å². The van der Waals surface area contributed by atoms with Crippen LogP contribution in [-0.2, 0) is 20.0 Å². The van der Waals surface area contributed by atoms with Crippen molar-refractivity contribution in [3.63, 3.8) is 0 Å². The monoisotopic (exact) mass is 284 g/mol. The van der Waals surface area contributed by atoms with E-state index in [-0.39, 0.29) is 0 Å². The molecule has 112 valence electrons. The van der Waals surface area contributed by atoms with Crippen molar-refractivity contribution in [3.8, 4) is 0 Å². The molecule has 1 N–H and O–H groups in total. The molecular weight excluding hydrogens is 260 g/mol. The fourth-order valence-electron chi connectivity index (χ4n) is 3.10. The van der Waals surface area contributed by atoms with Crippen molar-refractivity contribution >= 4 is 5.69 Å². The van der Waals surface area contributed by atoms with E-state index in [4.69, 9.17) is 0 Å². The normalized spacial score (nSPS) is 15.3. The van der Waals surface area contributed by atoms with Gasteiger partial charge in [0, 0.05) is 25.3 Å². The first-order valence-electron chi connectivity index (χ1n) is 7.63. The van der Waals surface area contributed by atoms with E-state index < -0.39 is 0 Å². The van der Waals surface area contributed by atoms with Crippen LogP contribution in [0.3, 0.4) is 0 Å². The molecule has 1 atom stereocenters. The molecule has 1 aromatic carbocycles. The van der Waals surface area contributed by atoms with Gasteiger partial charge in [-0.25, -0.2) is 0 Å². The molecular formula is C17H24N4. The maximum absolute atomic E-state index is 4.44. The van der Waals surface area contributed by atoms with Crippen LogP contribution >= 0.6 is 0 Å². The van der Waals surface area contributed by atoms with Gasteiger partial charge in [-0.15, -0.1) is 0 Å². The van der Waals surface area contributed by atoms with Gasteiger partial charge in [0.1, 0.15) is 0 Å². The molecule has 0 spiro atoms. The Morgan fingerprint density at radius 1 is 1.33 bits per heavy atom. The van der Waals surface area contributed by atoms with Crippen LogP contribution in [0.1, 0.15) is 35.5 Å². The summed E-state index contributed by atoms with van der Waals surface area (Å²) in [6, 6.07) is 9.45. The number of fused-ring (bicyclic) bond motifs is 1. The molecule has 1 aliphatic rings. The third kappa shape index (κ3) is 2.68. The van der Waals surface area contributed by atoms with Gasteiger partial charge < -0.3 is 10.2 Å². The van der Waals surface area contributed by atoms with Gasteiger partial charge in [-0.3, -0.25) is 4.68 Å². The molecule has 1 aliphatic heterocycles. The summed E-state index contributed by atoms with van der Waals surface area (Å²) < 4.78 is 1.99. The quantitative estimate of drug-likeness (QED) is 0.937. The second kappa shape index (κ2) is 5.53. The Morgan fingerprint density at radius 3 is 2.81 bits per heavy atom. The van der Waals surface area contributed by atoms with Crippen molar-refractivity contribution in [1.82, 2.24) is 15.1 Å². The highest BCUT2D eigenvalue weighted by Crippen LogP contribution is 2.31. The average Bonchev–Trinajstić information content (AvgIpc) is 3.01. The van der Waals surface area contributed by atoms with Crippen LogP contribution in [0.5, 0.6) is 0 Å². The maximum Gasteiger partial charge on any atom is 0.0599 e. The highest BCUT2D eigenvalue weighted by molar-refractivity contribution is 5.59. The summed E-state index contributed by atoms with van der Waals surface area (Å²) in [6.07, 6.45) is 1.14. The van der Waals surface area contributed by atoms with Crippen molar-refractivity contribution in [1.29, 1.82) is 0 Å². The number of hydrogen-bond acceptors (Lipinski definition) is 3. The predicted molar refractivity (Wildman–Crippen MR) is 86.6 cm³/mol. The van der Waals surface area contributed by atoms with Crippen LogP contribution < -0.4 is 10.2 Å². The lowest BCUT2D eigenvalue weighted by Gasteiger charge is -2.20. The second-order valence-corrected chi connectivity index (χ2v) is 5.97. The standard InChI is InChI=1S/C17H24N4/c1-12-9-16(20(4)19-12)11-21-8-7-15-10-14(13(2)18-3)5-6-17(15)21/h5-6,9-10,13,18H,7-8,11H2,1-4H3. The molecule has 0 saturated heterocycles. The molecule has 4 heteroatoms. The molecule has 3 rings (SSSR count). The maximum atomic E-state index is 4.44. The summed E-state index contributed by atoms with van der Waals surface area (Å²) >= 11 is 0. The van der Waals surface area contributed by atoms with E-state index in [0.29, 0.717) is 6.04 Å². The Kier molecular flexibility index (Phi) is 3.72. The minimum absolute atomic E-state index is 0.407. The van der Waals surface area contributed by atoms with Crippen LogP contribution in [0.25, 0.3) is 0 Å². The zero-order valence-electron chi connectivity index (χ0n) is 13.3. The summed E-state index contributed by atoms with van der Waals surface area (Å²) in [7, 11) is 4.03. The minimum atomic E-state index is 0.407. The topological polar surface area (TPSA) is 33.1 Å². The summed E-state index contributed by atoms with van der Waals surface area (Å²) in [5.74, 6) is 0. The number of rotatable bonds is 4. The van der Waals surface area contributed by atoms with Gasteiger partial charge in [0.05, 0.1) is 17.9 Å². The lowest BCUT2D eigenvalue weighted by atomic mass is 10.0. The molecule has 4 nitrogen and oxygen atoms in total. The second-order valence-electron chi connectivity index (χ2n) is 5.97. The van der Waals surface area contributed by atoms with Crippen molar-refractivity contribution in [2.75, 3.05) is 18.5 Å². The largest absolute Gasteiger partial charge is 0.365 e. The van der Waals surface area contributed by atoms with Crippen LogP contribution in [0.2, 0.25) is 0 Å². The third-order valence-corrected chi connectivity index (χ3v) is 4.48. The number of nitrogens with zero attached hydrogens (tertiary/aromatic N) is 3. The van der Waals surface area contributed by atoms with E-state index in [1.165, 1.54) is 22.5 Å². The molecule has 0 aliphatic carbocycles. The fourth-order valence-corrected chi connectivity index (χ4v) is 3.10. The molecule has 2 heterocycles. The predicted octanol–water partition coefficient (Wildman–Crippen LogP) is 2.57. The molecule has 0 fully saturated rings. The summed E-state index contributed by atoms with van der Waals surface area (Å²) in [5.41, 5.74) is 6.57. The van der Waals surface area contributed by atoms with E-state index >= 15 is 0 Å². The number of benzene rings is 1. The first-order chi connectivity index (χ1) is 10.1. The number of aryl methyl sites for hydroxylation is 2.